The van der Waals surface area contributed by atoms with Crippen molar-refractivity contribution in [3.8, 4) is 29.2 Å². The van der Waals surface area contributed by atoms with Crippen LogP contribution in [0.1, 0.15) is 64.4 Å². The van der Waals surface area contributed by atoms with Gasteiger partial charge >= 0.3 is 12.0 Å². The Hall–Kier alpha value is -7.61. The number of rotatable bonds is 12. The average molecular weight is 954 g/mol. The van der Waals surface area contributed by atoms with E-state index in [0.29, 0.717) is 67.9 Å². The standard InChI is InChI=1S/C55H55N9O7/c1-5-9-38-40-24-35-26-64-46(25-41-42(53(64)67)31-70-54(68)50(41)65)49(35)57-43(40)15-16-47(38)69-29-33(3)52(66)63-23-22-62(27-36(63)17-19-56)51-39-18-21-61(45-14-7-12-34-11-6-10-32(2)48(34)45)28-44(39)58-55(59-51)71-30-37-13-8-20-60(37)4/h5-7,10-12,14-16,24-25,36-37,50,65H,1,3,8-9,13,17-18,20-23,26-31H2,2,4H3. The highest BCUT2D eigenvalue weighted by Crippen LogP contribution is 2.39. The Labute approximate surface area is 411 Å². The number of ether oxygens (including phenoxy) is 3. The molecule has 0 spiro atoms. The highest BCUT2D eigenvalue weighted by molar-refractivity contribution is 5.97. The van der Waals surface area contributed by atoms with Crippen molar-refractivity contribution in [1.82, 2.24) is 29.3 Å². The van der Waals surface area contributed by atoms with Crippen molar-refractivity contribution in [3.05, 3.63) is 135 Å². The zero-order valence-electron chi connectivity index (χ0n) is 40.0. The minimum absolute atomic E-state index is 0.0924. The van der Waals surface area contributed by atoms with E-state index in [0.717, 1.165) is 65.9 Å². The number of hydrogen-bond donors (Lipinski definition) is 1. The number of allylic oxidation sites excluding steroid dienone is 1. The maximum Gasteiger partial charge on any atom is 0.340 e. The lowest BCUT2D eigenvalue weighted by molar-refractivity contribution is -0.157. The lowest BCUT2D eigenvalue weighted by Crippen LogP contribution is -2.56. The third-order valence-electron chi connectivity index (χ3n) is 15.0. The largest absolute Gasteiger partial charge is 0.488 e. The Balaban J connectivity index is 0.820. The monoisotopic (exact) mass is 953 g/mol. The highest BCUT2D eigenvalue weighted by atomic mass is 16.5. The molecule has 2 fully saturated rings. The minimum atomic E-state index is -1.54. The zero-order valence-corrected chi connectivity index (χ0v) is 40.0. The summed E-state index contributed by atoms with van der Waals surface area (Å²) in [5, 5.41) is 23.9. The summed E-state index contributed by atoms with van der Waals surface area (Å²) in [4.78, 5) is 63.8. The van der Waals surface area contributed by atoms with Crippen LogP contribution in [0.15, 0.2) is 90.3 Å². The number of anilines is 2. The van der Waals surface area contributed by atoms with Crippen molar-refractivity contribution in [2.24, 2.45) is 0 Å². The molecule has 3 unspecified atom stereocenters. The van der Waals surface area contributed by atoms with Gasteiger partial charge in [0.25, 0.3) is 11.5 Å². The molecule has 6 aromatic rings. The number of aliphatic hydroxyl groups is 1. The number of aryl methyl sites for hydroxylation is 1. The number of carbonyl (C=O) groups is 2. The summed E-state index contributed by atoms with van der Waals surface area (Å²) in [5.74, 6) is 0.256. The molecule has 3 atom stereocenters. The van der Waals surface area contributed by atoms with E-state index in [1.165, 1.54) is 22.0 Å². The quantitative estimate of drug-likeness (QED) is 0.0844. The number of likely N-dealkylation sites (tertiary alicyclic amines) is 1. The first-order chi connectivity index (χ1) is 34.5. The van der Waals surface area contributed by atoms with Gasteiger partial charge < -0.3 is 43.5 Å². The van der Waals surface area contributed by atoms with E-state index >= 15 is 0 Å². The van der Waals surface area contributed by atoms with Crippen LogP contribution in [-0.4, -0.2) is 111 Å². The number of piperazine rings is 1. The molecule has 0 saturated carbocycles. The lowest BCUT2D eigenvalue weighted by atomic mass is 9.99. The number of hydrogen-bond acceptors (Lipinski definition) is 14. The van der Waals surface area contributed by atoms with Gasteiger partial charge in [-0.1, -0.05) is 43.0 Å². The van der Waals surface area contributed by atoms with Gasteiger partial charge in [-0.3, -0.25) is 9.59 Å². The van der Waals surface area contributed by atoms with Crippen LogP contribution in [-0.2, 0) is 46.9 Å². The smallest absolute Gasteiger partial charge is 0.340 e. The zero-order chi connectivity index (χ0) is 49.1. The van der Waals surface area contributed by atoms with Crippen LogP contribution >= 0.6 is 0 Å². The molecular weight excluding hydrogens is 899 g/mol. The SMILES string of the molecule is C=CCc1c(OCC(=C)C(=O)N2CCN(c3nc(OCC4CCCN4C)nc4c3CCN(c3cccc5cccc(C)c35)C4)CC2CC#N)ccc2nc3c(cc12)Cn1c-3cc2c(c1=O)COC(=O)C2O. The summed E-state index contributed by atoms with van der Waals surface area (Å²) in [6.07, 6.45) is 3.68. The van der Waals surface area contributed by atoms with Crippen LogP contribution in [0.3, 0.4) is 0 Å². The number of aromatic nitrogens is 4. The number of nitrogens with zero attached hydrogens (tertiary/aromatic N) is 9. The second-order valence-corrected chi connectivity index (χ2v) is 19.3. The van der Waals surface area contributed by atoms with Crippen molar-refractivity contribution in [2.75, 3.05) is 62.8 Å². The summed E-state index contributed by atoms with van der Waals surface area (Å²) in [6, 6.07) is 22.7. The van der Waals surface area contributed by atoms with Gasteiger partial charge in [0.2, 0.25) is 0 Å². The Morgan fingerprint density at radius 3 is 2.63 bits per heavy atom. The molecular formula is C55H55N9O7. The molecule has 5 aliphatic rings. The van der Waals surface area contributed by atoms with Gasteiger partial charge in [-0.2, -0.15) is 15.2 Å². The number of likely N-dealkylation sites (N-methyl/N-ethyl adjacent to an activating group) is 1. The molecule has 362 valence electrons. The van der Waals surface area contributed by atoms with Crippen LogP contribution in [0.5, 0.6) is 11.8 Å². The Morgan fingerprint density at radius 2 is 1.83 bits per heavy atom. The normalized spacial score (nSPS) is 19.4. The predicted octanol–water partition coefficient (Wildman–Crippen LogP) is 6.10. The number of amides is 1. The molecule has 71 heavy (non-hydrogen) atoms. The third-order valence-corrected chi connectivity index (χ3v) is 15.0. The predicted molar refractivity (Wildman–Crippen MR) is 268 cm³/mol. The summed E-state index contributed by atoms with van der Waals surface area (Å²) < 4.78 is 19.5. The average Bonchev–Trinajstić information content (AvgIpc) is 3.97. The first kappa shape index (κ1) is 45.8. The Morgan fingerprint density at radius 1 is 0.986 bits per heavy atom. The first-order valence-electron chi connectivity index (χ1n) is 24.4. The fourth-order valence-electron chi connectivity index (χ4n) is 11.2. The molecule has 0 bridgehead atoms. The third kappa shape index (κ3) is 8.22. The van der Waals surface area contributed by atoms with Gasteiger partial charge in [-0.15, -0.1) is 6.58 Å². The van der Waals surface area contributed by atoms with E-state index in [4.69, 9.17) is 29.2 Å². The second kappa shape index (κ2) is 18.6. The molecule has 0 aliphatic carbocycles. The molecule has 0 radical (unpaired) electrons. The lowest BCUT2D eigenvalue weighted by Gasteiger charge is -2.42. The molecule has 5 aliphatic heterocycles. The number of fused-ring (bicyclic) bond motifs is 7. The number of cyclic esters (lactones) is 1. The molecule has 16 heteroatoms. The summed E-state index contributed by atoms with van der Waals surface area (Å²) in [7, 11) is 2.13. The molecule has 8 heterocycles. The molecule has 1 amide bonds. The van der Waals surface area contributed by atoms with Crippen molar-refractivity contribution < 1.29 is 28.9 Å². The van der Waals surface area contributed by atoms with E-state index in [2.05, 4.69) is 84.3 Å². The number of benzene rings is 3. The van der Waals surface area contributed by atoms with Crippen molar-refractivity contribution >= 4 is 45.1 Å². The number of carbonyl (C=O) groups excluding carboxylic acids is 2. The molecule has 11 rings (SSSR count). The van der Waals surface area contributed by atoms with E-state index in [1.807, 2.05) is 12.1 Å². The van der Waals surface area contributed by atoms with Crippen LogP contribution in [0, 0.1) is 18.3 Å². The van der Waals surface area contributed by atoms with Gasteiger partial charge in [0.15, 0.2) is 6.10 Å². The fraction of sp³-hybridized carbons (Fsp3) is 0.364. The maximum atomic E-state index is 14.3. The minimum Gasteiger partial charge on any atom is -0.488 e. The van der Waals surface area contributed by atoms with E-state index in [-0.39, 0.29) is 60.4 Å². The van der Waals surface area contributed by atoms with Crippen molar-refractivity contribution in [1.29, 1.82) is 5.26 Å². The first-order valence-corrected chi connectivity index (χ1v) is 24.4. The molecule has 3 aromatic carbocycles. The number of pyridine rings is 2. The van der Waals surface area contributed by atoms with Gasteiger partial charge in [0, 0.05) is 76.5 Å². The van der Waals surface area contributed by atoms with Crippen molar-refractivity contribution in [3.63, 3.8) is 0 Å². The van der Waals surface area contributed by atoms with E-state index < -0.39 is 18.1 Å². The molecule has 1 N–H and O–H groups in total. The van der Waals surface area contributed by atoms with Gasteiger partial charge in [0.1, 0.15) is 31.4 Å². The fourth-order valence-corrected chi connectivity index (χ4v) is 11.2. The Kier molecular flexibility index (Phi) is 12.0. The van der Waals surface area contributed by atoms with E-state index in [9.17, 15) is 24.8 Å². The molecule has 2 saturated heterocycles. The van der Waals surface area contributed by atoms with Crippen LogP contribution in [0.4, 0.5) is 11.5 Å². The summed E-state index contributed by atoms with van der Waals surface area (Å²) in [5.41, 5.74) is 8.15. The maximum absolute atomic E-state index is 14.3. The second-order valence-electron chi connectivity index (χ2n) is 19.3. The summed E-state index contributed by atoms with van der Waals surface area (Å²) >= 11 is 0. The Bertz CT molecular complexity index is 3300. The topological polar surface area (TPSA) is 179 Å². The van der Waals surface area contributed by atoms with Crippen LogP contribution in [0.2, 0.25) is 0 Å². The number of esters is 1. The van der Waals surface area contributed by atoms with Gasteiger partial charge in [0.05, 0.1) is 59.8 Å². The van der Waals surface area contributed by atoms with Crippen molar-refractivity contribution in [2.45, 2.75) is 76.9 Å². The molecule has 16 nitrogen and oxygen atoms in total. The van der Waals surface area contributed by atoms with Gasteiger partial charge in [-0.05, 0) is 87.5 Å². The van der Waals surface area contributed by atoms with E-state index in [1.54, 1.807) is 27.7 Å². The van der Waals surface area contributed by atoms with Crippen LogP contribution in [0.25, 0.3) is 33.1 Å². The number of aliphatic hydroxyl groups excluding tert-OH is 1. The number of nitriles is 1. The summed E-state index contributed by atoms with van der Waals surface area (Å²) in [6.45, 7) is 14.4. The van der Waals surface area contributed by atoms with Gasteiger partial charge in [-0.25, -0.2) is 9.78 Å². The van der Waals surface area contributed by atoms with Crippen LogP contribution < -0.4 is 24.8 Å². The molecule has 3 aromatic heterocycles. The highest BCUT2D eigenvalue weighted by Gasteiger charge is 2.37.